The molecule has 2 saturated heterocycles. The van der Waals surface area contributed by atoms with E-state index in [1.165, 1.54) is 18.0 Å². The second-order valence-corrected chi connectivity index (χ2v) is 9.45. The first-order valence-corrected chi connectivity index (χ1v) is 12.0. The first kappa shape index (κ1) is 24.1. The Morgan fingerprint density at radius 2 is 2.00 bits per heavy atom. The smallest absolute Gasteiger partial charge is 0.314 e. The molecule has 3 aromatic rings. The SMILES string of the molecule is CC1CN(C(=O)C(=O)Nc2cnc(N)c3cn(C4CCCCO4)nc23)C(c2ccccc2)CC1(F)F. The van der Waals surface area contributed by atoms with Crippen LogP contribution in [0, 0.1) is 5.92 Å². The van der Waals surface area contributed by atoms with Gasteiger partial charge < -0.3 is 20.7 Å². The van der Waals surface area contributed by atoms with E-state index in [0.29, 0.717) is 23.1 Å². The normalized spacial score (nSPS) is 24.0. The summed E-state index contributed by atoms with van der Waals surface area (Å²) in [5, 5.41) is 7.65. The lowest BCUT2D eigenvalue weighted by Gasteiger charge is -2.42. The summed E-state index contributed by atoms with van der Waals surface area (Å²) in [7, 11) is 0. The number of nitrogens with one attached hydrogen (secondary N) is 1. The molecule has 0 bridgehead atoms. The standard InChI is InChI=1S/C25H28F2N6O3/c1-15-13-32(19(11-25(15,26)27)16-7-3-2-4-8-16)24(35)23(34)30-18-12-29-22(28)17-14-33(31-21(17)18)20-9-5-6-10-36-20/h2-4,7-8,12,14-15,19-20H,5-6,9-11,13H2,1H3,(H2,28,29)(H,30,34). The largest absolute Gasteiger partial charge is 0.383 e. The maximum atomic E-state index is 14.6. The van der Waals surface area contributed by atoms with E-state index in [9.17, 15) is 18.4 Å². The van der Waals surface area contributed by atoms with Crippen LogP contribution in [0.1, 0.15) is 50.4 Å². The number of hydrogen-bond acceptors (Lipinski definition) is 6. The van der Waals surface area contributed by atoms with Gasteiger partial charge in [-0.15, -0.1) is 0 Å². The molecule has 4 heterocycles. The van der Waals surface area contributed by atoms with Crippen molar-refractivity contribution in [3.63, 3.8) is 0 Å². The first-order chi connectivity index (χ1) is 17.2. The Bertz CT molecular complexity index is 1280. The van der Waals surface area contributed by atoms with E-state index in [4.69, 9.17) is 10.5 Å². The molecule has 2 aliphatic rings. The molecule has 2 aliphatic heterocycles. The highest BCUT2D eigenvalue weighted by Gasteiger charge is 2.48. The third-order valence-corrected chi connectivity index (χ3v) is 6.97. The number of alkyl halides is 2. The number of carbonyl (C=O) groups is 2. The molecule has 11 heteroatoms. The van der Waals surface area contributed by atoms with Crippen molar-refractivity contribution in [2.24, 2.45) is 5.92 Å². The Morgan fingerprint density at radius 1 is 1.22 bits per heavy atom. The van der Waals surface area contributed by atoms with E-state index >= 15 is 0 Å². The van der Waals surface area contributed by atoms with Crippen LogP contribution in [0.2, 0.25) is 0 Å². The lowest BCUT2D eigenvalue weighted by Crippen LogP contribution is -2.52. The van der Waals surface area contributed by atoms with Gasteiger partial charge in [-0.05, 0) is 24.8 Å². The van der Waals surface area contributed by atoms with Crippen LogP contribution in [0.4, 0.5) is 20.3 Å². The Morgan fingerprint density at radius 3 is 2.72 bits per heavy atom. The van der Waals surface area contributed by atoms with Crippen LogP contribution in [-0.4, -0.2) is 50.6 Å². The number of ether oxygens (including phenoxy) is 1. The number of nitrogen functional groups attached to an aromatic ring is 1. The van der Waals surface area contributed by atoms with Crippen molar-refractivity contribution in [1.82, 2.24) is 19.7 Å². The molecule has 9 nitrogen and oxygen atoms in total. The second-order valence-electron chi connectivity index (χ2n) is 9.45. The minimum absolute atomic E-state index is 0.207. The number of nitrogens with zero attached hydrogens (tertiary/aromatic N) is 4. The summed E-state index contributed by atoms with van der Waals surface area (Å²) in [6.07, 6.45) is 5.02. The highest BCUT2D eigenvalue weighted by atomic mass is 19.3. The van der Waals surface area contributed by atoms with Crippen LogP contribution in [0.5, 0.6) is 0 Å². The maximum Gasteiger partial charge on any atom is 0.314 e. The van der Waals surface area contributed by atoms with Crippen LogP contribution < -0.4 is 11.1 Å². The molecule has 3 N–H and O–H groups in total. The highest BCUT2D eigenvalue weighted by molar-refractivity contribution is 6.40. The molecule has 2 fully saturated rings. The number of piperidine rings is 1. The van der Waals surface area contributed by atoms with E-state index in [-0.39, 0.29) is 24.3 Å². The molecule has 2 amide bonds. The fourth-order valence-electron chi connectivity index (χ4n) is 4.84. The van der Waals surface area contributed by atoms with Crippen molar-refractivity contribution in [3.8, 4) is 0 Å². The zero-order valence-electron chi connectivity index (χ0n) is 19.9. The minimum atomic E-state index is -2.96. The van der Waals surface area contributed by atoms with E-state index in [0.717, 1.165) is 19.3 Å². The van der Waals surface area contributed by atoms with Crippen LogP contribution in [-0.2, 0) is 14.3 Å². The molecular weight excluding hydrogens is 470 g/mol. The number of hydrogen-bond donors (Lipinski definition) is 2. The van der Waals surface area contributed by atoms with Crippen molar-refractivity contribution in [1.29, 1.82) is 0 Å². The number of carbonyl (C=O) groups excluding carboxylic acids is 2. The number of nitrogens with two attached hydrogens (primary N) is 1. The molecule has 0 aliphatic carbocycles. The summed E-state index contributed by atoms with van der Waals surface area (Å²) in [6, 6.07) is 7.64. The number of fused-ring (bicyclic) bond motifs is 1. The van der Waals surface area contributed by atoms with Crippen molar-refractivity contribution in [2.45, 2.75) is 50.8 Å². The predicted molar refractivity (Wildman–Crippen MR) is 129 cm³/mol. The first-order valence-electron chi connectivity index (χ1n) is 12.0. The monoisotopic (exact) mass is 498 g/mol. The van der Waals surface area contributed by atoms with Gasteiger partial charge in [0.15, 0.2) is 0 Å². The molecule has 190 valence electrons. The summed E-state index contributed by atoms with van der Waals surface area (Å²) in [5.41, 5.74) is 7.16. The van der Waals surface area contributed by atoms with Crippen LogP contribution in [0.15, 0.2) is 42.7 Å². The molecule has 2 aromatic heterocycles. The molecular formula is C25H28F2N6O3. The van der Waals surface area contributed by atoms with Gasteiger partial charge in [0.25, 0.3) is 5.92 Å². The van der Waals surface area contributed by atoms with E-state index in [1.54, 1.807) is 41.2 Å². The maximum absolute atomic E-state index is 14.6. The fourth-order valence-corrected chi connectivity index (χ4v) is 4.84. The molecule has 3 unspecified atom stereocenters. The number of rotatable bonds is 3. The van der Waals surface area contributed by atoms with Crippen molar-refractivity contribution < 1.29 is 23.1 Å². The Balaban J connectivity index is 1.41. The number of amides is 2. The molecule has 1 aromatic carbocycles. The third kappa shape index (κ3) is 4.50. The van der Waals surface area contributed by atoms with Crippen molar-refractivity contribution >= 4 is 34.2 Å². The van der Waals surface area contributed by atoms with Gasteiger partial charge in [0.1, 0.15) is 17.6 Å². The van der Waals surface area contributed by atoms with E-state index in [2.05, 4.69) is 15.4 Å². The minimum Gasteiger partial charge on any atom is -0.383 e. The second kappa shape index (κ2) is 9.45. The quantitative estimate of drug-likeness (QED) is 0.530. The summed E-state index contributed by atoms with van der Waals surface area (Å²) in [5.74, 6) is -5.68. The summed E-state index contributed by atoms with van der Waals surface area (Å²) in [4.78, 5) is 31.7. The number of benzene rings is 1. The Labute approximate surface area is 206 Å². The van der Waals surface area contributed by atoms with Gasteiger partial charge in [-0.25, -0.2) is 18.4 Å². The van der Waals surface area contributed by atoms with Gasteiger partial charge in [-0.3, -0.25) is 9.59 Å². The van der Waals surface area contributed by atoms with E-state index in [1.807, 2.05) is 0 Å². The highest BCUT2D eigenvalue weighted by Crippen LogP contribution is 2.43. The van der Waals surface area contributed by atoms with Crippen LogP contribution >= 0.6 is 0 Å². The average Bonchev–Trinajstić information content (AvgIpc) is 3.34. The van der Waals surface area contributed by atoms with Gasteiger partial charge in [-0.1, -0.05) is 37.3 Å². The molecule has 0 saturated carbocycles. The number of aromatic nitrogens is 3. The predicted octanol–water partition coefficient (Wildman–Crippen LogP) is 3.90. The average molecular weight is 499 g/mol. The Kier molecular flexibility index (Phi) is 6.33. The molecule has 5 rings (SSSR count). The number of anilines is 2. The number of halogens is 2. The molecule has 36 heavy (non-hydrogen) atoms. The van der Waals surface area contributed by atoms with Gasteiger partial charge in [0.05, 0.1) is 23.3 Å². The van der Waals surface area contributed by atoms with Crippen LogP contribution in [0.3, 0.4) is 0 Å². The lowest BCUT2D eigenvalue weighted by molar-refractivity contribution is -0.159. The fraction of sp³-hybridized carbons (Fsp3) is 0.440. The molecule has 0 radical (unpaired) electrons. The lowest BCUT2D eigenvalue weighted by atomic mass is 9.86. The van der Waals surface area contributed by atoms with Gasteiger partial charge in [0.2, 0.25) is 0 Å². The molecule has 0 spiro atoms. The molecule has 3 atom stereocenters. The number of pyridine rings is 1. The number of likely N-dealkylation sites (tertiary alicyclic amines) is 1. The summed E-state index contributed by atoms with van der Waals surface area (Å²) >= 11 is 0. The Hall–Kier alpha value is -3.60. The zero-order chi connectivity index (χ0) is 25.4. The van der Waals surface area contributed by atoms with Gasteiger partial charge in [0, 0.05) is 31.7 Å². The summed E-state index contributed by atoms with van der Waals surface area (Å²) < 4.78 is 36.6. The zero-order valence-corrected chi connectivity index (χ0v) is 19.9. The van der Waals surface area contributed by atoms with Crippen molar-refractivity contribution in [3.05, 3.63) is 48.3 Å². The van der Waals surface area contributed by atoms with Crippen LogP contribution in [0.25, 0.3) is 10.9 Å². The van der Waals surface area contributed by atoms with Gasteiger partial charge in [-0.2, -0.15) is 5.10 Å². The third-order valence-electron chi connectivity index (χ3n) is 6.97. The summed E-state index contributed by atoms with van der Waals surface area (Å²) in [6.45, 7) is 1.76. The topological polar surface area (TPSA) is 115 Å². The van der Waals surface area contributed by atoms with E-state index < -0.39 is 36.1 Å². The van der Waals surface area contributed by atoms with Crippen molar-refractivity contribution in [2.75, 3.05) is 24.2 Å². The van der Waals surface area contributed by atoms with Gasteiger partial charge >= 0.3 is 11.8 Å².